The molecule has 4 rings (SSSR count). The Morgan fingerprint density at radius 2 is 1.83 bits per heavy atom. The van der Waals surface area contributed by atoms with E-state index in [1.807, 2.05) is 12.1 Å². The van der Waals surface area contributed by atoms with Crippen molar-refractivity contribution in [2.45, 2.75) is 16.7 Å². The lowest BCUT2D eigenvalue weighted by Crippen LogP contribution is -2.15. The molecule has 0 radical (unpaired) electrons. The maximum atomic E-state index is 12.7. The van der Waals surface area contributed by atoms with Gasteiger partial charge >= 0.3 is 0 Å². The van der Waals surface area contributed by atoms with Crippen molar-refractivity contribution in [2.75, 3.05) is 10.0 Å². The fourth-order valence-electron chi connectivity index (χ4n) is 2.85. The number of thiol groups is 1. The number of phenols is 1. The van der Waals surface area contributed by atoms with Crippen molar-refractivity contribution in [2.24, 2.45) is 0 Å². The average molecular weight is 462 g/mol. The lowest BCUT2D eigenvalue weighted by atomic mass is 10.1. The number of hydrogen-bond donors (Lipinski definition) is 5. The number of nitrogens with one attached hydrogen (secondary N) is 3. The van der Waals surface area contributed by atoms with E-state index in [2.05, 4.69) is 37.8 Å². The van der Waals surface area contributed by atoms with Crippen LogP contribution in [0.3, 0.4) is 0 Å². The van der Waals surface area contributed by atoms with Gasteiger partial charge in [-0.2, -0.15) is 4.98 Å². The van der Waals surface area contributed by atoms with Gasteiger partial charge in [0.1, 0.15) is 10.6 Å². The highest BCUT2D eigenvalue weighted by molar-refractivity contribution is 7.93. The second kappa shape index (κ2) is 7.71. The molecule has 154 valence electrons. The van der Waals surface area contributed by atoms with Crippen LogP contribution in [0.5, 0.6) is 5.75 Å². The molecule has 0 aliphatic rings. The first-order valence-corrected chi connectivity index (χ1v) is 11.0. The monoisotopic (exact) mass is 461 g/mol. The maximum absolute atomic E-state index is 12.7. The van der Waals surface area contributed by atoms with Crippen molar-refractivity contribution in [1.82, 2.24) is 15.2 Å². The van der Waals surface area contributed by atoms with E-state index in [9.17, 15) is 13.5 Å². The number of rotatable bonds is 5. The quantitative estimate of drug-likeness (QED) is 0.280. The summed E-state index contributed by atoms with van der Waals surface area (Å²) in [6.45, 7) is 1.70. The Morgan fingerprint density at radius 1 is 1.10 bits per heavy atom. The molecular formula is C19H16ClN5O3S2. The van der Waals surface area contributed by atoms with Crippen molar-refractivity contribution in [3.63, 3.8) is 0 Å². The molecule has 1 aromatic heterocycles. The van der Waals surface area contributed by atoms with Crippen molar-refractivity contribution >= 4 is 62.6 Å². The van der Waals surface area contributed by atoms with Gasteiger partial charge in [0.05, 0.1) is 0 Å². The van der Waals surface area contributed by atoms with Crippen LogP contribution in [0.2, 0.25) is 5.02 Å². The number of aromatic nitrogens is 3. The molecule has 0 spiro atoms. The van der Waals surface area contributed by atoms with Crippen molar-refractivity contribution < 1.29 is 13.5 Å². The summed E-state index contributed by atoms with van der Waals surface area (Å²) in [6, 6.07) is 13.5. The molecule has 3 aromatic carbocycles. The van der Waals surface area contributed by atoms with Gasteiger partial charge in [-0.3, -0.25) is 0 Å². The molecule has 4 aromatic rings. The molecule has 0 saturated heterocycles. The smallest absolute Gasteiger partial charge is 0.265 e. The van der Waals surface area contributed by atoms with E-state index in [0.717, 1.165) is 10.8 Å². The Morgan fingerprint density at radius 3 is 2.63 bits per heavy atom. The van der Waals surface area contributed by atoms with Gasteiger partial charge in [0, 0.05) is 15.6 Å². The van der Waals surface area contributed by atoms with Gasteiger partial charge in [-0.25, -0.2) is 18.2 Å². The minimum absolute atomic E-state index is 0.0233. The van der Waals surface area contributed by atoms with Crippen LogP contribution in [0.25, 0.3) is 10.8 Å². The highest BCUT2D eigenvalue weighted by atomic mass is 35.5. The molecule has 0 aliphatic carbocycles. The van der Waals surface area contributed by atoms with Crippen molar-refractivity contribution in [1.29, 1.82) is 0 Å². The largest absolute Gasteiger partial charge is 0.508 e. The number of anilines is 3. The number of hydrogen-bond acceptors (Lipinski definition) is 7. The van der Waals surface area contributed by atoms with E-state index in [1.165, 1.54) is 12.1 Å². The number of aryl methyl sites for hydroxylation is 1. The Balaban J connectivity index is 1.54. The fourth-order valence-corrected chi connectivity index (χ4v) is 4.75. The molecule has 11 heteroatoms. The third-order valence-corrected chi connectivity index (χ3v) is 6.62. The van der Waals surface area contributed by atoms with Crippen LogP contribution < -0.4 is 10.0 Å². The Hall–Kier alpha value is -2.95. The molecule has 0 atom stereocenters. The molecule has 8 nitrogen and oxygen atoms in total. The van der Waals surface area contributed by atoms with Crippen LogP contribution in [0.1, 0.15) is 5.56 Å². The van der Waals surface area contributed by atoms with E-state index >= 15 is 0 Å². The number of benzene rings is 3. The predicted molar refractivity (Wildman–Crippen MR) is 120 cm³/mol. The van der Waals surface area contributed by atoms with E-state index in [0.29, 0.717) is 16.3 Å². The van der Waals surface area contributed by atoms with Crippen molar-refractivity contribution in [3.05, 3.63) is 59.1 Å². The Kier molecular flexibility index (Phi) is 5.22. The second-order valence-electron chi connectivity index (χ2n) is 6.55. The van der Waals surface area contributed by atoms with Gasteiger partial charge in [0.2, 0.25) is 5.95 Å². The molecule has 0 fully saturated rings. The molecular weight excluding hydrogens is 446 g/mol. The third kappa shape index (κ3) is 4.16. The molecule has 0 amide bonds. The molecule has 0 bridgehead atoms. The lowest BCUT2D eigenvalue weighted by molar-refractivity contribution is 0.476. The third-order valence-electron chi connectivity index (χ3n) is 4.33. The van der Waals surface area contributed by atoms with Gasteiger partial charge in [0.25, 0.3) is 16.0 Å². The normalized spacial score (nSPS) is 11.6. The van der Waals surface area contributed by atoms with Crippen LogP contribution in [-0.2, 0) is 10.0 Å². The van der Waals surface area contributed by atoms with E-state index in [1.54, 1.807) is 31.2 Å². The van der Waals surface area contributed by atoms with Gasteiger partial charge in [-0.05, 0) is 59.7 Å². The topological polar surface area (TPSA) is 120 Å². The molecule has 30 heavy (non-hydrogen) atoms. The summed E-state index contributed by atoms with van der Waals surface area (Å²) >= 11 is 10.2. The number of aromatic hydroxyl groups is 1. The number of aromatic amines is 1. The molecule has 0 unspecified atom stereocenters. The van der Waals surface area contributed by atoms with Gasteiger partial charge in [-0.15, -0.1) is 17.7 Å². The second-order valence-corrected chi connectivity index (χ2v) is 9.09. The first-order chi connectivity index (χ1) is 14.2. The summed E-state index contributed by atoms with van der Waals surface area (Å²) in [5.41, 5.74) is 1.32. The van der Waals surface area contributed by atoms with Gasteiger partial charge in [0.15, 0.2) is 0 Å². The Labute approximate surface area is 182 Å². The van der Waals surface area contributed by atoms with E-state index < -0.39 is 10.0 Å². The SMILES string of the molecule is Cc1cc(S(=O)(=O)Nc2n[nH]c(Nc3ccc4cc(O)ccc4c3)n2)c(S)cc1Cl. The number of fused-ring (bicyclic) bond motifs is 1. The predicted octanol–water partition coefficient (Wildman–Crippen LogP) is 4.46. The summed E-state index contributed by atoms with van der Waals surface area (Å²) < 4.78 is 27.7. The average Bonchev–Trinajstić information content (AvgIpc) is 3.10. The summed E-state index contributed by atoms with van der Waals surface area (Å²) in [7, 11) is -3.96. The number of phenolic OH excluding ortho intramolecular Hbond substituents is 1. The van der Waals surface area contributed by atoms with Crippen LogP contribution in [0, 0.1) is 6.92 Å². The highest BCUT2D eigenvalue weighted by Gasteiger charge is 2.21. The van der Waals surface area contributed by atoms with Gasteiger partial charge < -0.3 is 10.4 Å². The zero-order chi connectivity index (χ0) is 21.5. The molecule has 0 saturated carbocycles. The highest BCUT2D eigenvalue weighted by Crippen LogP contribution is 2.28. The number of halogens is 1. The minimum Gasteiger partial charge on any atom is -0.508 e. The number of sulfonamides is 1. The zero-order valence-electron chi connectivity index (χ0n) is 15.5. The zero-order valence-corrected chi connectivity index (χ0v) is 18.0. The van der Waals surface area contributed by atoms with E-state index in [-0.39, 0.29) is 27.4 Å². The summed E-state index contributed by atoms with van der Waals surface area (Å²) in [6.07, 6.45) is 0. The first kappa shape index (κ1) is 20.3. The maximum Gasteiger partial charge on any atom is 0.265 e. The summed E-state index contributed by atoms with van der Waals surface area (Å²) in [4.78, 5) is 4.31. The molecule has 0 aliphatic heterocycles. The van der Waals surface area contributed by atoms with Crippen LogP contribution >= 0.6 is 24.2 Å². The van der Waals surface area contributed by atoms with Crippen LogP contribution in [0.15, 0.2) is 58.3 Å². The minimum atomic E-state index is -3.96. The summed E-state index contributed by atoms with van der Waals surface area (Å²) in [5, 5.41) is 21.3. The van der Waals surface area contributed by atoms with Crippen LogP contribution in [-0.4, -0.2) is 28.7 Å². The molecule has 4 N–H and O–H groups in total. The first-order valence-electron chi connectivity index (χ1n) is 8.65. The summed E-state index contributed by atoms with van der Waals surface area (Å²) in [5.74, 6) is 0.323. The number of nitrogens with zero attached hydrogens (tertiary/aromatic N) is 2. The van der Waals surface area contributed by atoms with Crippen molar-refractivity contribution in [3.8, 4) is 5.75 Å². The number of H-pyrrole nitrogens is 1. The standard InChI is InChI=1S/C19H16ClN5O3S2/c1-10-6-17(16(29)9-15(10)20)30(27,28)25-19-22-18(23-24-19)21-13-4-2-12-8-14(26)5-3-11(12)7-13/h2-9,26,29H,1H3,(H3,21,22,23,24,25). The van der Waals surface area contributed by atoms with Crippen LogP contribution in [0.4, 0.5) is 17.6 Å². The fraction of sp³-hybridized carbons (Fsp3) is 0.0526. The lowest BCUT2D eigenvalue weighted by Gasteiger charge is -2.09. The molecule has 1 heterocycles. The van der Waals surface area contributed by atoms with Gasteiger partial charge in [-0.1, -0.05) is 23.7 Å². The Bertz CT molecular complexity index is 1370. The van der Waals surface area contributed by atoms with E-state index in [4.69, 9.17) is 11.6 Å².